The summed E-state index contributed by atoms with van der Waals surface area (Å²) in [4.78, 5) is 36.0. The zero-order valence-corrected chi connectivity index (χ0v) is 12.4. The van der Waals surface area contributed by atoms with Crippen molar-refractivity contribution in [2.45, 2.75) is 20.4 Å². The number of carbonyl (C=O) groups is 3. The van der Waals surface area contributed by atoms with Crippen molar-refractivity contribution in [3.05, 3.63) is 35.9 Å². The van der Waals surface area contributed by atoms with Crippen LogP contribution in [0.2, 0.25) is 0 Å². The standard InChI is InChI=1S/C15H21N3O3/c1-3-18(11-13-7-5-4-6-8-13)15(21)14(20)17-10-9-16-12(2)19/h4-8H,3,9-11H2,1-2H3,(H,16,19)(H,17,20). The van der Waals surface area contributed by atoms with Crippen LogP contribution in [0.3, 0.4) is 0 Å². The molecule has 0 unspecified atom stereocenters. The fourth-order valence-electron chi connectivity index (χ4n) is 1.76. The lowest BCUT2D eigenvalue weighted by Gasteiger charge is -2.20. The molecule has 6 heteroatoms. The van der Waals surface area contributed by atoms with Gasteiger partial charge in [-0.1, -0.05) is 30.3 Å². The van der Waals surface area contributed by atoms with Crippen LogP contribution in [0, 0.1) is 0 Å². The van der Waals surface area contributed by atoms with Crippen LogP contribution in [0.1, 0.15) is 19.4 Å². The second-order valence-corrected chi connectivity index (χ2v) is 4.54. The second-order valence-electron chi connectivity index (χ2n) is 4.54. The molecule has 0 heterocycles. The van der Waals surface area contributed by atoms with E-state index in [-0.39, 0.29) is 12.5 Å². The van der Waals surface area contributed by atoms with E-state index in [2.05, 4.69) is 10.6 Å². The third-order valence-corrected chi connectivity index (χ3v) is 2.86. The Bertz CT molecular complexity index is 488. The van der Waals surface area contributed by atoms with Crippen LogP contribution in [-0.2, 0) is 20.9 Å². The average molecular weight is 291 g/mol. The topological polar surface area (TPSA) is 78.5 Å². The predicted molar refractivity (Wildman–Crippen MR) is 79.2 cm³/mol. The zero-order valence-electron chi connectivity index (χ0n) is 12.4. The molecule has 1 aromatic carbocycles. The number of carbonyl (C=O) groups excluding carboxylic acids is 3. The molecule has 0 bridgehead atoms. The number of benzene rings is 1. The van der Waals surface area contributed by atoms with Crippen LogP contribution in [0.4, 0.5) is 0 Å². The van der Waals surface area contributed by atoms with Gasteiger partial charge in [0.2, 0.25) is 5.91 Å². The fourth-order valence-corrected chi connectivity index (χ4v) is 1.76. The Labute approximate surface area is 124 Å². The van der Waals surface area contributed by atoms with E-state index in [9.17, 15) is 14.4 Å². The van der Waals surface area contributed by atoms with Crippen molar-refractivity contribution in [3.63, 3.8) is 0 Å². The summed E-state index contributed by atoms with van der Waals surface area (Å²) in [6, 6.07) is 9.49. The van der Waals surface area contributed by atoms with Crippen molar-refractivity contribution in [3.8, 4) is 0 Å². The van der Waals surface area contributed by atoms with Crippen molar-refractivity contribution in [1.82, 2.24) is 15.5 Å². The van der Waals surface area contributed by atoms with Gasteiger partial charge in [-0.05, 0) is 12.5 Å². The van der Waals surface area contributed by atoms with Gasteiger partial charge in [-0.3, -0.25) is 14.4 Å². The van der Waals surface area contributed by atoms with Crippen molar-refractivity contribution in [1.29, 1.82) is 0 Å². The Morgan fingerprint density at radius 1 is 1.05 bits per heavy atom. The van der Waals surface area contributed by atoms with Crippen LogP contribution < -0.4 is 10.6 Å². The summed E-state index contributed by atoms with van der Waals surface area (Å²) in [6.45, 7) is 4.60. The summed E-state index contributed by atoms with van der Waals surface area (Å²) in [6.07, 6.45) is 0. The molecule has 0 aliphatic rings. The molecular weight excluding hydrogens is 270 g/mol. The summed E-state index contributed by atoms with van der Waals surface area (Å²) in [5.41, 5.74) is 0.971. The molecule has 0 saturated carbocycles. The second kappa shape index (κ2) is 8.73. The number of amides is 3. The lowest BCUT2D eigenvalue weighted by Crippen LogP contribution is -2.44. The van der Waals surface area contributed by atoms with Crippen LogP contribution in [0.15, 0.2) is 30.3 Å². The van der Waals surface area contributed by atoms with Gasteiger partial charge < -0.3 is 15.5 Å². The highest BCUT2D eigenvalue weighted by Gasteiger charge is 2.20. The number of nitrogens with zero attached hydrogens (tertiary/aromatic N) is 1. The van der Waals surface area contributed by atoms with E-state index in [0.717, 1.165) is 5.56 Å². The minimum Gasteiger partial charge on any atom is -0.355 e. The largest absolute Gasteiger partial charge is 0.355 e. The first kappa shape index (κ1) is 16.7. The summed E-state index contributed by atoms with van der Waals surface area (Å²) in [5, 5.41) is 5.04. The van der Waals surface area contributed by atoms with Gasteiger partial charge in [-0.15, -0.1) is 0 Å². The van der Waals surface area contributed by atoms with E-state index in [1.165, 1.54) is 11.8 Å². The zero-order chi connectivity index (χ0) is 15.7. The Hall–Kier alpha value is -2.37. The maximum absolute atomic E-state index is 12.0. The highest BCUT2D eigenvalue weighted by atomic mass is 16.2. The van der Waals surface area contributed by atoms with Crippen molar-refractivity contribution in [2.75, 3.05) is 19.6 Å². The summed E-state index contributed by atoms with van der Waals surface area (Å²) >= 11 is 0. The smallest absolute Gasteiger partial charge is 0.312 e. The molecule has 3 amide bonds. The fraction of sp³-hybridized carbons (Fsp3) is 0.400. The number of likely N-dealkylation sites (N-methyl/N-ethyl adjacent to an activating group) is 1. The monoisotopic (exact) mass is 291 g/mol. The van der Waals surface area contributed by atoms with Crippen molar-refractivity contribution in [2.24, 2.45) is 0 Å². The van der Waals surface area contributed by atoms with Crippen LogP contribution in [0.5, 0.6) is 0 Å². The number of hydrogen-bond acceptors (Lipinski definition) is 3. The molecule has 0 atom stereocenters. The van der Waals surface area contributed by atoms with E-state index in [1.54, 1.807) is 0 Å². The lowest BCUT2D eigenvalue weighted by atomic mass is 10.2. The quantitative estimate of drug-likeness (QED) is 0.584. The van der Waals surface area contributed by atoms with E-state index in [1.807, 2.05) is 37.3 Å². The third kappa shape index (κ3) is 6.07. The molecule has 0 aliphatic carbocycles. The number of rotatable bonds is 6. The molecule has 0 radical (unpaired) electrons. The van der Waals surface area contributed by atoms with Gasteiger partial charge in [0.05, 0.1) is 0 Å². The first-order valence-corrected chi connectivity index (χ1v) is 6.90. The molecule has 1 rings (SSSR count). The van der Waals surface area contributed by atoms with Crippen molar-refractivity contribution < 1.29 is 14.4 Å². The molecule has 0 saturated heterocycles. The SMILES string of the molecule is CCN(Cc1ccccc1)C(=O)C(=O)NCCNC(C)=O. The lowest BCUT2D eigenvalue weighted by molar-refractivity contribution is -0.146. The maximum atomic E-state index is 12.0. The third-order valence-electron chi connectivity index (χ3n) is 2.86. The Balaban J connectivity index is 2.46. The molecule has 0 aromatic heterocycles. The van der Waals surface area contributed by atoms with Crippen molar-refractivity contribution >= 4 is 17.7 Å². The molecule has 114 valence electrons. The maximum Gasteiger partial charge on any atom is 0.312 e. The average Bonchev–Trinajstić information content (AvgIpc) is 2.49. The van der Waals surface area contributed by atoms with Gasteiger partial charge in [-0.25, -0.2) is 0 Å². The molecule has 0 aliphatic heterocycles. The van der Waals surface area contributed by atoms with Crippen LogP contribution >= 0.6 is 0 Å². The molecular formula is C15H21N3O3. The van der Waals surface area contributed by atoms with Gasteiger partial charge >= 0.3 is 11.8 Å². The first-order chi connectivity index (χ1) is 10.0. The Kier molecular flexibility index (Phi) is 6.94. The highest BCUT2D eigenvalue weighted by Crippen LogP contribution is 2.04. The van der Waals surface area contributed by atoms with E-state index in [0.29, 0.717) is 19.6 Å². The van der Waals surface area contributed by atoms with Crippen LogP contribution in [-0.4, -0.2) is 42.3 Å². The van der Waals surface area contributed by atoms with E-state index < -0.39 is 11.8 Å². The normalized spacial score (nSPS) is 9.81. The summed E-state index contributed by atoms with van der Waals surface area (Å²) < 4.78 is 0. The van der Waals surface area contributed by atoms with E-state index >= 15 is 0 Å². The molecule has 6 nitrogen and oxygen atoms in total. The molecule has 2 N–H and O–H groups in total. The van der Waals surface area contributed by atoms with Gasteiger partial charge in [0.1, 0.15) is 0 Å². The molecule has 1 aromatic rings. The number of hydrogen-bond donors (Lipinski definition) is 2. The predicted octanol–water partition coefficient (Wildman–Crippen LogP) is 0.287. The molecule has 21 heavy (non-hydrogen) atoms. The minimum absolute atomic E-state index is 0.171. The van der Waals surface area contributed by atoms with E-state index in [4.69, 9.17) is 0 Å². The van der Waals surface area contributed by atoms with Gasteiger partial charge in [0.15, 0.2) is 0 Å². The number of nitrogens with one attached hydrogen (secondary N) is 2. The molecule has 0 spiro atoms. The van der Waals surface area contributed by atoms with Gasteiger partial charge in [0, 0.05) is 33.1 Å². The molecule has 0 fully saturated rings. The summed E-state index contributed by atoms with van der Waals surface area (Å²) in [7, 11) is 0. The summed E-state index contributed by atoms with van der Waals surface area (Å²) in [5.74, 6) is -1.39. The Morgan fingerprint density at radius 2 is 1.67 bits per heavy atom. The van der Waals surface area contributed by atoms with Gasteiger partial charge in [-0.2, -0.15) is 0 Å². The minimum atomic E-state index is -0.655. The first-order valence-electron chi connectivity index (χ1n) is 6.90. The Morgan fingerprint density at radius 3 is 2.24 bits per heavy atom. The highest BCUT2D eigenvalue weighted by molar-refractivity contribution is 6.34. The van der Waals surface area contributed by atoms with Gasteiger partial charge in [0.25, 0.3) is 0 Å². The van der Waals surface area contributed by atoms with Crippen LogP contribution in [0.25, 0.3) is 0 Å².